The molecule has 0 spiro atoms. The highest BCUT2D eigenvalue weighted by Crippen LogP contribution is 2.29. The van der Waals surface area contributed by atoms with Gasteiger partial charge in [0.1, 0.15) is 0 Å². The van der Waals surface area contributed by atoms with Gasteiger partial charge in [0, 0.05) is 12.6 Å². The van der Waals surface area contributed by atoms with Crippen LogP contribution in [0.4, 0.5) is 13.2 Å². The van der Waals surface area contributed by atoms with E-state index in [1.54, 1.807) is 0 Å². The molecule has 0 fully saturated rings. The van der Waals surface area contributed by atoms with Crippen molar-refractivity contribution in [2.45, 2.75) is 12.2 Å². The third-order valence-corrected chi connectivity index (χ3v) is 1.92. The third kappa shape index (κ3) is 3.70. The van der Waals surface area contributed by atoms with E-state index in [9.17, 15) is 13.2 Å². The molecule has 1 aromatic carbocycles. The van der Waals surface area contributed by atoms with Crippen LogP contribution in [-0.4, -0.2) is 6.54 Å². The van der Waals surface area contributed by atoms with Crippen LogP contribution in [0.1, 0.15) is 17.2 Å². The molecule has 0 saturated carbocycles. The van der Waals surface area contributed by atoms with Crippen molar-refractivity contribution in [2.75, 3.05) is 6.54 Å². The molecule has 4 N–H and O–H groups in total. The van der Waals surface area contributed by atoms with E-state index in [1.807, 2.05) is 0 Å². The average molecular weight is 241 g/mol. The second kappa shape index (κ2) is 5.34. The molecule has 6 heteroatoms. The zero-order valence-electron chi connectivity index (χ0n) is 7.79. The molecular weight excluding hydrogens is 229 g/mol. The Morgan fingerprint density at radius 1 is 1.13 bits per heavy atom. The molecule has 2 nitrogen and oxygen atoms in total. The lowest BCUT2D eigenvalue weighted by Crippen LogP contribution is -2.20. The van der Waals surface area contributed by atoms with E-state index in [-0.39, 0.29) is 19.0 Å². The van der Waals surface area contributed by atoms with Crippen molar-refractivity contribution in [1.82, 2.24) is 0 Å². The fourth-order valence-corrected chi connectivity index (χ4v) is 1.06. The normalized spacial score (nSPS) is 13.1. The minimum absolute atomic E-state index is 0. The van der Waals surface area contributed by atoms with Gasteiger partial charge >= 0.3 is 6.18 Å². The lowest BCUT2D eigenvalue weighted by molar-refractivity contribution is -0.137. The van der Waals surface area contributed by atoms with Crippen molar-refractivity contribution in [3.63, 3.8) is 0 Å². The Balaban J connectivity index is 0.00000196. The molecular formula is C9H12ClF3N2. The van der Waals surface area contributed by atoms with Gasteiger partial charge in [0.05, 0.1) is 5.56 Å². The van der Waals surface area contributed by atoms with E-state index < -0.39 is 17.8 Å². The standard InChI is InChI=1S/C9H11F3N2.ClH/c10-9(11,12)7-3-1-6(2-4-7)8(14)5-13;/h1-4,8H,5,13-14H2;1H/t8-;/m1./s1. The second-order valence-electron chi connectivity index (χ2n) is 2.96. The predicted octanol–water partition coefficient (Wildman–Crippen LogP) is 2.09. The van der Waals surface area contributed by atoms with Gasteiger partial charge in [-0.3, -0.25) is 0 Å². The van der Waals surface area contributed by atoms with E-state index in [4.69, 9.17) is 11.5 Å². The lowest BCUT2D eigenvalue weighted by atomic mass is 10.1. The first kappa shape index (κ1) is 14.2. The third-order valence-electron chi connectivity index (χ3n) is 1.92. The molecule has 0 aliphatic rings. The van der Waals surface area contributed by atoms with Crippen LogP contribution in [0.3, 0.4) is 0 Å². The smallest absolute Gasteiger partial charge is 0.329 e. The van der Waals surface area contributed by atoms with Crippen molar-refractivity contribution in [3.8, 4) is 0 Å². The van der Waals surface area contributed by atoms with E-state index in [2.05, 4.69) is 0 Å². The van der Waals surface area contributed by atoms with Gasteiger partial charge in [0.15, 0.2) is 0 Å². The molecule has 0 saturated heterocycles. The van der Waals surface area contributed by atoms with Crippen molar-refractivity contribution in [3.05, 3.63) is 35.4 Å². The molecule has 1 aromatic rings. The molecule has 0 aromatic heterocycles. The zero-order chi connectivity index (χ0) is 10.8. The van der Waals surface area contributed by atoms with Crippen LogP contribution in [0, 0.1) is 0 Å². The van der Waals surface area contributed by atoms with Gasteiger partial charge in [-0.05, 0) is 17.7 Å². The van der Waals surface area contributed by atoms with Crippen LogP contribution in [0.15, 0.2) is 24.3 Å². The summed E-state index contributed by atoms with van der Waals surface area (Å²) in [5.41, 5.74) is 10.8. The number of hydrogen-bond acceptors (Lipinski definition) is 2. The number of benzene rings is 1. The fraction of sp³-hybridized carbons (Fsp3) is 0.333. The first-order valence-corrected chi connectivity index (χ1v) is 4.08. The molecule has 1 atom stereocenters. The van der Waals surface area contributed by atoms with Crippen molar-refractivity contribution in [1.29, 1.82) is 0 Å². The van der Waals surface area contributed by atoms with Gasteiger partial charge in [-0.2, -0.15) is 13.2 Å². The summed E-state index contributed by atoms with van der Waals surface area (Å²) >= 11 is 0. The molecule has 0 unspecified atom stereocenters. The average Bonchev–Trinajstić information content (AvgIpc) is 2.15. The highest BCUT2D eigenvalue weighted by molar-refractivity contribution is 5.85. The highest BCUT2D eigenvalue weighted by Gasteiger charge is 2.30. The monoisotopic (exact) mass is 240 g/mol. The van der Waals surface area contributed by atoms with Gasteiger partial charge in [0.2, 0.25) is 0 Å². The van der Waals surface area contributed by atoms with Gasteiger partial charge in [-0.15, -0.1) is 12.4 Å². The van der Waals surface area contributed by atoms with Crippen LogP contribution in [0.25, 0.3) is 0 Å². The Morgan fingerprint density at radius 2 is 1.60 bits per heavy atom. The molecule has 0 aliphatic heterocycles. The van der Waals surface area contributed by atoms with Crippen molar-refractivity contribution >= 4 is 12.4 Å². The Bertz CT molecular complexity index is 297. The van der Waals surface area contributed by atoms with Crippen LogP contribution < -0.4 is 11.5 Å². The summed E-state index contributed by atoms with van der Waals surface area (Å²) in [6, 6.07) is 4.30. The number of rotatable bonds is 2. The van der Waals surface area contributed by atoms with Crippen molar-refractivity contribution in [2.24, 2.45) is 11.5 Å². The second-order valence-corrected chi connectivity index (χ2v) is 2.96. The molecule has 1 rings (SSSR count). The maximum Gasteiger partial charge on any atom is 0.416 e. The highest BCUT2D eigenvalue weighted by atomic mass is 35.5. The van der Waals surface area contributed by atoms with Crippen LogP contribution in [-0.2, 0) is 6.18 Å². The number of alkyl halides is 3. The summed E-state index contributed by atoms with van der Waals surface area (Å²) in [7, 11) is 0. The summed E-state index contributed by atoms with van der Waals surface area (Å²) in [5, 5.41) is 0. The first-order chi connectivity index (χ1) is 6.45. The van der Waals surface area contributed by atoms with Gasteiger partial charge in [0.25, 0.3) is 0 Å². The quantitative estimate of drug-likeness (QED) is 0.832. The molecule has 0 radical (unpaired) electrons. The van der Waals surface area contributed by atoms with Crippen LogP contribution in [0.5, 0.6) is 0 Å². The number of nitrogens with two attached hydrogens (primary N) is 2. The van der Waals surface area contributed by atoms with Gasteiger partial charge < -0.3 is 11.5 Å². The molecule has 86 valence electrons. The molecule has 0 bridgehead atoms. The topological polar surface area (TPSA) is 52.0 Å². The molecule has 15 heavy (non-hydrogen) atoms. The Hall–Kier alpha value is -0.780. The summed E-state index contributed by atoms with van der Waals surface area (Å²) in [5.74, 6) is 0. The molecule has 0 aliphatic carbocycles. The van der Waals surface area contributed by atoms with E-state index >= 15 is 0 Å². The number of halogens is 4. The minimum Gasteiger partial charge on any atom is -0.329 e. The van der Waals surface area contributed by atoms with Crippen molar-refractivity contribution < 1.29 is 13.2 Å². The van der Waals surface area contributed by atoms with Gasteiger partial charge in [-0.1, -0.05) is 12.1 Å². The zero-order valence-corrected chi connectivity index (χ0v) is 8.61. The summed E-state index contributed by atoms with van der Waals surface area (Å²) in [6.45, 7) is 0.214. The largest absolute Gasteiger partial charge is 0.416 e. The van der Waals surface area contributed by atoms with E-state index in [1.165, 1.54) is 12.1 Å². The van der Waals surface area contributed by atoms with E-state index in [0.29, 0.717) is 5.56 Å². The first-order valence-electron chi connectivity index (χ1n) is 4.08. The Morgan fingerprint density at radius 3 is 1.93 bits per heavy atom. The van der Waals surface area contributed by atoms with E-state index in [0.717, 1.165) is 12.1 Å². The lowest BCUT2D eigenvalue weighted by Gasteiger charge is -2.11. The Labute approximate surface area is 91.9 Å². The molecule has 0 amide bonds. The SMILES string of the molecule is Cl.NC[C@@H](N)c1ccc(C(F)(F)F)cc1. The minimum atomic E-state index is -4.30. The van der Waals surface area contributed by atoms with Crippen LogP contribution in [0.2, 0.25) is 0 Å². The summed E-state index contributed by atoms with van der Waals surface area (Å²) in [4.78, 5) is 0. The van der Waals surface area contributed by atoms with Gasteiger partial charge in [-0.25, -0.2) is 0 Å². The summed E-state index contributed by atoms with van der Waals surface area (Å²) in [6.07, 6.45) is -4.30. The maximum absolute atomic E-state index is 12.1. The predicted molar refractivity (Wildman–Crippen MR) is 54.7 cm³/mol. The summed E-state index contributed by atoms with van der Waals surface area (Å²) < 4.78 is 36.4. The number of hydrogen-bond donors (Lipinski definition) is 2. The molecule has 0 heterocycles. The fourth-order valence-electron chi connectivity index (χ4n) is 1.06. The Kier molecular flexibility index (Phi) is 5.07. The van der Waals surface area contributed by atoms with Crippen LogP contribution >= 0.6 is 12.4 Å². The maximum atomic E-state index is 12.1.